The molecule has 0 aromatic carbocycles. The summed E-state index contributed by atoms with van der Waals surface area (Å²) >= 11 is 0. The number of nitrogens with two attached hydrogens (primary N) is 1. The van der Waals surface area contributed by atoms with Gasteiger partial charge in [0.25, 0.3) is 0 Å². The van der Waals surface area contributed by atoms with Gasteiger partial charge in [-0.1, -0.05) is 53.9 Å². The fraction of sp³-hybridized carbons (Fsp3) is 1.00. The highest BCUT2D eigenvalue weighted by Gasteiger charge is 2.61. The van der Waals surface area contributed by atoms with Crippen LogP contribution in [-0.2, 0) is 0 Å². The van der Waals surface area contributed by atoms with Gasteiger partial charge in [-0.2, -0.15) is 0 Å². The molecule has 4 rings (SSSR count). The van der Waals surface area contributed by atoms with Crippen molar-refractivity contribution in [2.75, 3.05) is 0 Å². The molecule has 2 heteroatoms. The van der Waals surface area contributed by atoms with Crippen LogP contribution < -0.4 is 5.73 Å². The van der Waals surface area contributed by atoms with Gasteiger partial charge in [0.05, 0.1) is 6.10 Å². The lowest BCUT2D eigenvalue weighted by atomic mass is 9.43. The molecule has 0 aromatic heterocycles. The molecular formula is C27H49NO. The van der Waals surface area contributed by atoms with E-state index in [9.17, 15) is 5.11 Å². The largest absolute Gasteiger partial charge is 0.393 e. The summed E-state index contributed by atoms with van der Waals surface area (Å²) in [4.78, 5) is 0. The molecular weight excluding hydrogens is 354 g/mol. The summed E-state index contributed by atoms with van der Waals surface area (Å²) in [5.74, 6) is 5.79. The third-order valence-corrected chi connectivity index (χ3v) is 10.9. The van der Waals surface area contributed by atoms with Crippen molar-refractivity contribution >= 4 is 0 Å². The van der Waals surface area contributed by atoms with Gasteiger partial charge in [-0.05, 0) is 104 Å². The van der Waals surface area contributed by atoms with Crippen molar-refractivity contribution < 1.29 is 5.11 Å². The minimum atomic E-state index is -0.105. The number of aliphatic hydroxyl groups excluding tert-OH is 1. The van der Waals surface area contributed by atoms with Crippen LogP contribution in [-0.4, -0.2) is 17.3 Å². The fourth-order valence-electron chi connectivity index (χ4n) is 9.41. The number of hydrogen-bond donors (Lipinski definition) is 2. The first-order valence-corrected chi connectivity index (χ1v) is 13.1. The number of fused-ring (bicyclic) bond motifs is 5. The molecule has 168 valence electrons. The fourth-order valence-corrected chi connectivity index (χ4v) is 9.41. The summed E-state index contributed by atoms with van der Waals surface area (Å²) < 4.78 is 0. The Morgan fingerprint density at radius 1 is 0.862 bits per heavy atom. The molecule has 0 amide bonds. The Kier molecular flexibility index (Phi) is 6.19. The molecule has 0 heterocycles. The molecule has 0 aromatic rings. The third-order valence-electron chi connectivity index (χ3n) is 10.9. The quantitative estimate of drug-likeness (QED) is 0.557. The zero-order valence-electron chi connectivity index (χ0n) is 20.0. The van der Waals surface area contributed by atoms with Gasteiger partial charge in [0.2, 0.25) is 0 Å². The van der Waals surface area contributed by atoms with E-state index in [2.05, 4.69) is 34.6 Å². The molecule has 0 spiro atoms. The van der Waals surface area contributed by atoms with E-state index in [1.165, 1.54) is 57.8 Å². The second-order valence-electron chi connectivity index (χ2n) is 12.8. The topological polar surface area (TPSA) is 46.2 Å². The van der Waals surface area contributed by atoms with Crippen molar-refractivity contribution in [1.29, 1.82) is 0 Å². The summed E-state index contributed by atoms with van der Waals surface area (Å²) in [5.41, 5.74) is 7.78. The first kappa shape index (κ1) is 22.1. The van der Waals surface area contributed by atoms with E-state index in [4.69, 9.17) is 5.73 Å². The molecule has 4 fully saturated rings. The Hall–Kier alpha value is -0.0800. The maximum atomic E-state index is 10.3. The lowest BCUT2D eigenvalue weighted by Gasteiger charge is -2.62. The van der Waals surface area contributed by atoms with Crippen LogP contribution in [0.3, 0.4) is 0 Å². The maximum Gasteiger partial charge on any atom is 0.0543 e. The van der Waals surface area contributed by atoms with Crippen molar-refractivity contribution in [3.05, 3.63) is 0 Å². The van der Waals surface area contributed by atoms with Gasteiger partial charge < -0.3 is 10.8 Å². The minimum absolute atomic E-state index is 0.105. The highest BCUT2D eigenvalue weighted by atomic mass is 16.3. The van der Waals surface area contributed by atoms with Crippen LogP contribution in [0.2, 0.25) is 0 Å². The van der Waals surface area contributed by atoms with Crippen LogP contribution in [0.25, 0.3) is 0 Å². The average Bonchev–Trinajstić information content (AvgIpc) is 3.00. The summed E-state index contributed by atoms with van der Waals surface area (Å²) in [5, 5.41) is 10.3. The van der Waals surface area contributed by atoms with Crippen LogP contribution in [0.4, 0.5) is 0 Å². The monoisotopic (exact) mass is 403 g/mol. The van der Waals surface area contributed by atoms with Gasteiger partial charge in [0.1, 0.15) is 0 Å². The van der Waals surface area contributed by atoms with E-state index >= 15 is 0 Å². The molecule has 0 bridgehead atoms. The van der Waals surface area contributed by atoms with E-state index in [0.29, 0.717) is 22.8 Å². The van der Waals surface area contributed by atoms with Gasteiger partial charge in [0, 0.05) is 6.04 Å². The Balaban J connectivity index is 1.50. The van der Waals surface area contributed by atoms with E-state index in [1.54, 1.807) is 0 Å². The summed E-state index contributed by atoms with van der Waals surface area (Å²) in [7, 11) is 0. The zero-order valence-corrected chi connectivity index (χ0v) is 20.0. The Labute approximate surface area is 180 Å². The summed E-state index contributed by atoms with van der Waals surface area (Å²) in [6.07, 6.45) is 14.3. The van der Waals surface area contributed by atoms with Gasteiger partial charge in [-0.25, -0.2) is 0 Å². The third kappa shape index (κ3) is 3.73. The molecule has 0 aliphatic heterocycles. The molecule has 0 saturated heterocycles. The Morgan fingerprint density at radius 3 is 2.28 bits per heavy atom. The predicted octanol–water partition coefficient (Wildman–Crippen LogP) is 6.41. The molecule has 1 unspecified atom stereocenters. The van der Waals surface area contributed by atoms with Gasteiger partial charge >= 0.3 is 0 Å². The van der Waals surface area contributed by atoms with Gasteiger partial charge in [0.15, 0.2) is 0 Å². The van der Waals surface area contributed by atoms with Crippen LogP contribution in [0.1, 0.15) is 105 Å². The minimum Gasteiger partial charge on any atom is -0.393 e. The molecule has 4 saturated carbocycles. The average molecular weight is 404 g/mol. The number of hydrogen-bond acceptors (Lipinski definition) is 2. The highest BCUT2D eigenvalue weighted by Crippen LogP contribution is 2.68. The van der Waals surface area contributed by atoms with E-state index in [1.807, 2.05) is 0 Å². The molecule has 0 radical (unpaired) electrons. The smallest absolute Gasteiger partial charge is 0.0543 e. The molecule has 29 heavy (non-hydrogen) atoms. The van der Waals surface area contributed by atoms with Crippen molar-refractivity contribution in [3.63, 3.8) is 0 Å². The second kappa shape index (κ2) is 8.12. The van der Waals surface area contributed by atoms with Crippen molar-refractivity contribution in [1.82, 2.24) is 0 Å². The lowest BCUT2D eigenvalue weighted by Crippen LogP contribution is -2.60. The van der Waals surface area contributed by atoms with Crippen molar-refractivity contribution in [2.45, 2.75) is 117 Å². The summed E-state index contributed by atoms with van der Waals surface area (Å²) in [6.45, 7) is 12.5. The second-order valence-corrected chi connectivity index (χ2v) is 12.8. The van der Waals surface area contributed by atoms with Crippen LogP contribution in [0, 0.1) is 52.3 Å². The standard InChI is InChI=1S/C27H49NO/c1-17(2)7-6-8-18(3)21-9-10-22-20-16-25(28)24-15-19(29)11-13-27(24,5)23(20)12-14-26(21,22)4/h17-25,29H,6-16,28H2,1-5H3/t18-,19+,20+,21-,22+,23+,24-,25?,26-,27-/m1/s1. The summed E-state index contributed by atoms with van der Waals surface area (Å²) in [6, 6.07) is 0.307. The zero-order chi connectivity index (χ0) is 21.0. The number of aliphatic hydroxyl groups is 1. The first-order valence-electron chi connectivity index (χ1n) is 13.1. The van der Waals surface area contributed by atoms with E-state index in [0.717, 1.165) is 48.3 Å². The van der Waals surface area contributed by atoms with E-state index in [-0.39, 0.29) is 6.10 Å². The van der Waals surface area contributed by atoms with Gasteiger partial charge in [-0.3, -0.25) is 0 Å². The molecule has 10 atom stereocenters. The number of rotatable bonds is 5. The van der Waals surface area contributed by atoms with Crippen molar-refractivity contribution in [3.8, 4) is 0 Å². The van der Waals surface area contributed by atoms with Crippen LogP contribution in [0.15, 0.2) is 0 Å². The lowest BCUT2D eigenvalue weighted by molar-refractivity contribution is -0.136. The maximum absolute atomic E-state index is 10.3. The Bertz CT molecular complexity index is 575. The van der Waals surface area contributed by atoms with Gasteiger partial charge in [-0.15, -0.1) is 0 Å². The molecule has 2 nitrogen and oxygen atoms in total. The first-order chi connectivity index (χ1) is 13.7. The molecule has 3 N–H and O–H groups in total. The Morgan fingerprint density at radius 2 is 1.55 bits per heavy atom. The van der Waals surface area contributed by atoms with Crippen molar-refractivity contribution in [2.24, 2.45) is 58.0 Å². The van der Waals surface area contributed by atoms with E-state index < -0.39 is 0 Å². The molecule has 4 aliphatic rings. The SMILES string of the molecule is CC(C)CCC[C@@H](C)[C@H]1CC[C@H]2[C@@H]3CC(N)[C@H]4C[C@@H](O)CC[C@]4(C)[C@H]3CC[C@]12C. The van der Waals surface area contributed by atoms with Crippen LogP contribution in [0.5, 0.6) is 0 Å². The normalized spacial score (nSPS) is 50.7. The highest BCUT2D eigenvalue weighted by molar-refractivity contribution is 5.12. The predicted molar refractivity (Wildman–Crippen MR) is 122 cm³/mol. The molecule has 4 aliphatic carbocycles. The van der Waals surface area contributed by atoms with Crippen LogP contribution >= 0.6 is 0 Å².